The van der Waals surface area contributed by atoms with Gasteiger partial charge in [-0.2, -0.15) is 0 Å². The maximum Gasteiger partial charge on any atom is 0.419 e. The summed E-state index contributed by atoms with van der Waals surface area (Å²) in [6, 6.07) is 13.8. The van der Waals surface area contributed by atoms with Crippen LogP contribution in [-0.4, -0.2) is 45.4 Å². The van der Waals surface area contributed by atoms with Gasteiger partial charge < -0.3 is 14.8 Å². The zero-order valence-corrected chi connectivity index (χ0v) is 25.3. The Balaban J connectivity index is 1.51. The van der Waals surface area contributed by atoms with Gasteiger partial charge in [0, 0.05) is 34.8 Å². The van der Waals surface area contributed by atoms with Crippen LogP contribution < -0.4 is 5.32 Å². The van der Waals surface area contributed by atoms with E-state index in [-0.39, 0.29) is 34.7 Å². The summed E-state index contributed by atoms with van der Waals surface area (Å²) in [5, 5.41) is 4.01. The summed E-state index contributed by atoms with van der Waals surface area (Å²) in [5.74, 6) is 0.298. The average molecular weight is 605 g/mol. The molecular weight excluding hydrogens is 571 g/mol. The lowest BCUT2D eigenvalue weighted by molar-refractivity contribution is -0.152. The maximum atomic E-state index is 14.7. The minimum Gasteiger partial charge on any atom is -0.469 e. The van der Waals surface area contributed by atoms with Crippen LogP contribution in [0.4, 0.5) is 15.0 Å². The summed E-state index contributed by atoms with van der Waals surface area (Å²) in [4.78, 5) is 35.9. The summed E-state index contributed by atoms with van der Waals surface area (Å²) >= 11 is 6.50. The second kappa shape index (κ2) is 11.3. The fourth-order valence-corrected chi connectivity index (χ4v) is 6.91. The average Bonchev–Trinajstić information content (AvgIpc) is 3.37. The fraction of sp³-hybridized carbons (Fsp3) is 0.394. The number of benzene rings is 2. The minimum absolute atomic E-state index is 0.0591. The van der Waals surface area contributed by atoms with Crippen LogP contribution in [0, 0.1) is 23.6 Å². The number of esters is 1. The Morgan fingerprint density at radius 1 is 1.02 bits per heavy atom. The number of rotatable bonds is 5. The third-order valence-electron chi connectivity index (χ3n) is 8.45. The highest BCUT2D eigenvalue weighted by Crippen LogP contribution is 2.47. The Hall–Kier alpha value is -3.98. The molecule has 2 aromatic carbocycles. The third kappa shape index (κ3) is 5.70. The van der Waals surface area contributed by atoms with Crippen molar-refractivity contribution in [2.75, 3.05) is 12.4 Å². The number of carbonyl (C=O) groups excluding carboxylic acids is 2. The lowest BCUT2D eigenvalue weighted by Gasteiger charge is -2.47. The molecule has 3 fully saturated rings. The molecule has 43 heavy (non-hydrogen) atoms. The number of hydrogen-bond donors (Lipinski definition) is 1. The summed E-state index contributed by atoms with van der Waals surface area (Å²) in [7, 11) is 1.43. The van der Waals surface area contributed by atoms with E-state index in [1.54, 1.807) is 20.8 Å². The number of hydrogen-bond acceptors (Lipinski definition) is 7. The van der Waals surface area contributed by atoms with Crippen LogP contribution in [0.2, 0.25) is 5.02 Å². The molecule has 0 aliphatic heterocycles. The van der Waals surface area contributed by atoms with E-state index in [1.807, 2.05) is 36.4 Å². The molecule has 0 amide bonds. The van der Waals surface area contributed by atoms with E-state index in [0.717, 1.165) is 37.3 Å². The molecule has 10 heteroatoms. The standard InChI is InChI=1S/C33H34ClFN4O4/c1-33(2,3)43-32(41)39-17-23(22-14-21(35)15-24(34)29(22)39)30-36-25(18-8-6-5-7-9-18)16-26(38-30)37-28-20-12-10-19(11-13-20)27(28)31(40)42-4/h5-9,14-17,19-20,27-28H,10-13H2,1-4H3,(H,36,37,38). The number of aromatic nitrogens is 3. The zero-order valence-electron chi connectivity index (χ0n) is 24.6. The summed E-state index contributed by atoms with van der Waals surface area (Å²) in [6.07, 6.45) is 4.94. The topological polar surface area (TPSA) is 95.3 Å². The Labute approximate surface area is 254 Å². The van der Waals surface area contributed by atoms with Crippen molar-refractivity contribution >= 4 is 40.4 Å². The van der Waals surface area contributed by atoms with Crippen molar-refractivity contribution in [3.63, 3.8) is 0 Å². The number of nitrogens with one attached hydrogen (secondary N) is 1. The number of halogens is 2. The molecule has 3 aliphatic carbocycles. The lowest BCUT2D eigenvalue weighted by atomic mass is 9.61. The first-order valence-corrected chi connectivity index (χ1v) is 14.9. The van der Waals surface area contributed by atoms with Crippen molar-refractivity contribution in [3.8, 4) is 22.6 Å². The van der Waals surface area contributed by atoms with Gasteiger partial charge in [-0.1, -0.05) is 41.9 Å². The second-order valence-electron chi connectivity index (χ2n) is 12.4. The predicted molar refractivity (Wildman–Crippen MR) is 163 cm³/mol. The van der Waals surface area contributed by atoms with Gasteiger partial charge in [0.1, 0.15) is 17.2 Å². The van der Waals surface area contributed by atoms with Gasteiger partial charge in [0.25, 0.3) is 0 Å². The van der Waals surface area contributed by atoms with Crippen LogP contribution >= 0.6 is 11.6 Å². The number of fused-ring (bicyclic) bond motifs is 4. The van der Waals surface area contributed by atoms with E-state index in [1.165, 1.54) is 23.9 Å². The second-order valence-corrected chi connectivity index (χ2v) is 12.8. The van der Waals surface area contributed by atoms with E-state index >= 15 is 0 Å². The molecule has 4 aromatic rings. The molecule has 1 N–H and O–H groups in total. The fourth-order valence-electron chi connectivity index (χ4n) is 6.61. The lowest BCUT2D eigenvalue weighted by Crippen LogP contribution is -2.51. The van der Waals surface area contributed by atoms with Crippen molar-refractivity contribution < 1.29 is 23.5 Å². The number of carbonyl (C=O) groups is 2. The van der Waals surface area contributed by atoms with E-state index in [0.29, 0.717) is 33.9 Å². The van der Waals surface area contributed by atoms with Crippen molar-refractivity contribution in [1.82, 2.24) is 14.5 Å². The summed E-state index contributed by atoms with van der Waals surface area (Å²) in [5.41, 5.74) is 1.42. The monoisotopic (exact) mass is 604 g/mol. The number of nitrogens with zero attached hydrogens (tertiary/aromatic N) is 3. The van der Waals surface area contributed by atoms with Crippen molar-refractivity contribution in [3.05, 3.63) is 65.6 Å². The Morgan fingerprint density at radius 2 is 1.72 bits per heavy atom. The molecule has 0 saturated heterocycles. The Kier molecular flexibility index (Phi) is 7.62. The summed E-state index contributed by atoms with van der Waals surface area (Å²) in [6.45, 7) is 5.30. The first kappa shape index (κ1) is 29.1. The van der Waals surface area contributed by atoms with Crippen molar-refractivity contribution in [2.45, 2.75) is 58.1 Å². The van der Waals surface area contributed by atoms with Gasteiger partial charge >= 0.3 is 12.1 Å². The number of ether oxygens (including phenoxy) is 2. The minimum atomic E-state index is -0.767. The SMILES string of the molecule is COC(=O)C1C2CCC(CC2)C1Nc1cc(-c2ccccc2)nc(-c2cn(C(=O)OC(C)(C)C)c3c(Cl)cc(F)cc23)n1. The molecule has 7 rings (SSSR count). The van der Waals surface area contributed by atoms with Crippen LogP contribution in [0.1, 0.15) is 46.5 Å². The molecule has 2 bridgehead atoms. The quantitative estimate of drug-likeness (QED) is 0.233. The van der Waals surface area contributed by atoms with Gasteiger partial charge in [0.15, 0.2) is 5.82 Å². The van der Waals surface area contributed by atoms with Crippen LogP contribution in [0.5, 0.6) is 0 Å². The molecule has 3 saturated carbocycles. The molecule has 0 spiro atoms. The zero-order chi connectivity index (χ0) is 30.5. The molecule has 8 nitrogen and oxygen atoms in total. The third-order valence-corrected chi connectivity index (χ3v) is 8.74. The van der Waals surface area contributed by atoms with Gasteiger partial charge in [0.2, 0.25) is 0 Å². The van der Waals surface area contributed by atoms with Gasteiger partial charge in [-0.15, -0.1) is 0 Å². The highest BCUT2D eigenvalue weighted by molar-refractivity contribution is 6.36. The van der Waals surface area contributed by atoms with Gasteiger partial charge in [-0.25, -0.2) is 19.2 Å². The number of methoxy groups -OCH3 is 1. The van der Waals surface area contributed by atoms with Crippen LogP contribution in [0.15, 0.2) is 54.7 Å². The maximum absolute atomic E-state index is 14.7. The van der Waals surface area contributed by atoms with E-state index in [9.17, 15) is 14.0 Å². The Bertz CT molecular complexity index is 1690. The highest BCUT2D eigenvalue weighted by Gasteiger charge is 2.48. The highest BCUT2D eigenvalue weighted by atomic mass is 35.5. The molecule has 2 unspecified atom stereocenters. The van der Waals surface area contributed by atoms with Gasteiger partial charge in [-0.05, 0) is 70.4 Å². The van der Waals surface area contributed by atoms with E-state index < -0.39 is 17.5 Å². The molecule has 0 radical (unpaired) electrons. The van der Waals surface area contributed by atoms with E-state index in [4.69, 9.17) is 31.0 Å². The molecule has 2 heterocycles. The van der Waals surface area contributed by atoms with Crippen LogP contribution in [-0.2, 0) is 14.3 Å². The van der Waals surface area contributed by atoms with Gasteiger partial charge in [-0.3, -0.25) is 9.36 Å². The van der Waals surface area contributed by atoms with Crippen LogP contribution in [0.3, 0.4) is 0 Å². The predicted octanol–water partition coefficient (Wildman–Crippen LogP) is 7.73. The largest absolute Gasteiger partial charge is 0.469 e. The smallest absolute Gasteiger partial charge is 0.419 e. The van der Waals surface area contributed by atoms with Crippen molar-refractivity contribution in [1.29, 1.82) is 0 Å². The molecule has 224 valence electrons. The molecule has 3 aliphatic rings. The molecule has 2 atom stereocenters. The first-order chi connectivity index (χ1) is 20.5. The van der Waals surface area contributed by atoms with Crippen LogP contribution in [0.25, 0.3) is 33.5 Å². The summed E-state index contributed by atoms with van der Waals surface area (Å²) < 4.78 is 26.9. The Morgan fingerprint density at radius 3 is 2.40 bits per heavy atom. The first-order valence-electron chi connectivity index (χ1n) is 14.5. The van der Waals surface area contributed by atoms with Gasteiger partial charge in [0.05, 0.1) is 29.3 Å². The number of anilines is 1. The van der Waals surface area contributed by atoms with E-state index in [2.05, 4.69) is 5.32 Å². The molecule has 2 aromatic heterocycles. The molecular formula is C33H34ClFN4O4. The van der Waals surface area contributed by atoms with Crippen molar-refractivity contribution in [2.24, 2.45) is 17.8 Å². The normalized spacial score (nSPS) is 21.5.